The quantitative estimate of drug-likeness (QED) is 0.812. The molecule has 0 spiro atoms. The van der Waals surface area contributed by atoms with Gasteiger partial charge in [-0.15, -0.1) is 0 Å². The van der Waals surface area contributed by atoms with Crippen molar-refractivity contribution in [2.45, 2.75) is 19.4 Å². The van der Waals surface area contributed by atoms with Crippen LogP contribution in [0, 0.1) is 11.8 Å². The topological polar surface area (TPSA) is 35.9 Å². The van der Waals surface area contributed by atoms with Crippen LogP contribution in [0.4, 0.5) is 0 Å². The molecule has 2 aliphatic heterocycles. The molecule has 2 fully saturated rings. The Labute approximate surface area is 162 Å². The number of hydrogen-bond donors (Lipinski definition) is 1. The Bertz CT molecular complexity index is 715. The van der Waals surface area contributed by atoms with Crippen molar-refractivity contribution in [2.75, 3.05) is 39.3 Å². The van der Waals surface area contributed by atoms with E-state index in [2.05, 4.69) is 28.0 Å². The molecule has 4 heteroatoms. The van der Waals surface area contributed by atoms with Crippen molar-refractivity contribution in [1.29, 1.82) is 0 Å². The first-order chi connectivity index (χ1) is 13.3. The van der Waals surface area contributed by atoms with Crippen molar-refractivity contribution >= 4 is 0 Å². The smallest absolute Gasteiger partial charge is 0.127 e. The highest BCUT2D eigenvalue weighted by molar-refractivity contribution is 5.33. The van der Waals surface area contributed by atoms with E-state index < -0.39 is 0 Å². The lowest BCUT2D eigenvalue weighted by Gasteiger charge is -2.23. The van der Waals surface area contributed by atoms with Crippen LogP contribution in [0.2, 0.25) is 0 Å². The molecule has 2 saturated heterocycles. The highest BCUT2D eigenvalue weighted by atomic mass is 16.5. The van der Waals surface area contributed by atoms with Crippen LogP contribution in [0.15, 0.2) is 54.6 Å². The predicted octanol–water partition coefficient (Wildman–Crippen LogP) is 3.62. The van der Waals surface area contributed by atoms with Crippen molar-refractivity contribution in [3.8, 4) is 11.5 Å². The Hall–Kier alpha value is -1.88. The molecule has 144 valence electrons. The van der Waals surface area contributed by atoms with Gasteiger partial charge in [-0.2, -0.15) is 0 Å². The van der Waals surface area contributed by atoms with Crippen LogP contribution in [0.3, 0.4) is 0 Å². The summed E-state index contributed by atoms with van der Waals surface area (Å²) in [7, 11) is 0. The first-order valence-electron chi connectivity index (χ1n) is 10.2. The van der Waals surface area contributed by atoms with Gasteiger partial charge in [0.15, 0.2) is 0 Å². The summed E-state index contributed by atoms with van der Waals surface area (Å²) in [4.78, 5) is 5.06. The molecular formula is C23H30N2O2. The lowest BCUT2D eigenvalue weighted by molar-refractivity contribution is 0.175. The fourth-order valence-electron chi connectivity index (χ4n) is 4.47. The molecule has 1 N–H and O–H groups in total. The highest BCUT2D eigenvalue weighted by Crippen LogP contribution is 2.28. The van der Waals surface area contributed by atoms with Crippen LogP contribution in [0.25, 0.3) is 0 Å². The third-order valence-corrected chi connectivity index (χ3v) is 5.86. The second kappa shape index (κ2) is 8.87. The normalized spacial score (nSPS) is 23.7. The van der Waals surface area contributed by atoms with E-state index >= 15 is 0 Å². The summed E-state index contributed by atoms with van der Waals surface area (Å²) in [5, 5.41) is 9.84. The van der Waals surface area contributed by atoms with Gasteiger partial charge >= 0.3 is 0 Å². The SMILES string of the molecule is OCC1CN(Cc2cccc(Oc3ccccc3)c2)CC1CN1CCCC1. The average Bonchev–Trinajstić information content (AvgIpc) is 3.33. The molecule has 0 aliphatic carbocycles. The molecule has 2 aliphatic rings. The Balaban J connectivity index is 1.36. The van der Waals surface area contributed by atoms with E-state index in [-0.39, 0.29) is 0 Å². The number of hydrogen-bond acceptors (Lipinski definition) is 4. The number of benzene rings is 2. The molecule has 0 bridgehead atoms. The number of aliphatic hydroxyl groups excluding tert-OH is 1. The minimum atomic E-state index is 0.298. The highest BCUT2D eigenvalue weighted by Gasteiger charge is 2.33. The molecule has 0 aromatic heterocycles. The standard InChI is InChI=1S/C23H30N2O2/c26-18-21-17-25(16-20(21)15-24-11-4-5-12-24)14-19-7-6-10-23(13-19)27-22-8-2-1-3-9-22/h1-3,6-10,13,20-21,26H,4-5,11-12,14-18H2. The van der Waals surface area contributed by atoms with Crippen molar-refractivity contribution in [3.63, 3.8) is 0 Å². The molecular weight excluding hydrogens is 336 g/mol. The Morgan fingerprint density at radius 1 is 0.852 bits per heavy atom. The van der Waals surface area contributed by atoms with Gasteiger partial charge in [-0.05, 0) is 67.6 Å². The van der Waals surface area contributed by atoms with E-state index in [0.717, 1.165) is 37.7 Å². The van der Waals surface area contributed by atoms with Crippen LogP contribution in [-0.4, -0.2) is 54.2 Å². The van der Waals surface area contributed by atoms with Crippen LogP contribution in [0.1, 0.15) is 18.4 Å². The number of nitrogens with zero attached hydrogens (tertiary/aromatic N) is 2. The predicted molar refractivity (Wildman–Crippen MR) is 108 cm³/mol. The lowest BCUT2D eigenvalue weighted by atomic mass is 9.96. The van der Waals surface area contributed by atoms with Crippen LogP contribution >= 0.6 is 0 Å². The largest absolute Gasteiger partial charge is 0.457 e. The van der Waals surface area contributed by atoms with Crippen molar-refractivity contribution in [3.05, 3.63) is 60.2 Å². The number of rotatable bonds is 7. The van der Waals surface area contributed by atoms with Gasteiger partial charge in [0.05, 0.1) is 0 Å². The van der Waals surface area contributed by atoms with Crippen molar-refractivity contribution < 1.29 is 9.84 Å². The minimum absolute atomic E-state index is 0.298. The lowest BCUT2D eigenvalue weighted by Crippen LogP contribution is -2.31. The maximum absolute atomic E-state index is 9.84. The van der Waals surface area contributed by atoms with E-state index in [0.29, 0.717) is 18.4 Å². The van der Waals surface area contributed by atoms with Gasteiger partial charge < -0.3 is 14.7 Å². The molecule has 2 aromatic carbocycles. The van der Waals surface area contributed by atoms with E-state index in [1.807, 2.05) is 36.4 Å². The van der Waals surface area contributed by atoms with Gasteiger partial charge in [0.2, 0.25) is 0 Å². The minimum Gasteiger partial charge on any atom is -0.457 e. The Kier molecular flexibility index (Phi) is 6.07. The molecule has 0 amide bonds. The fraction of sp³-hybridized carbons (Fsp3) is 0.478. The number of likely N-dealkylation sites (tertiary alicyclic amines) is 2. The summed E-state index contributed by atoms with van der Waals surface area (Å²) in [5.74, 6) is 2.72. The van der Waals surface area contributed by atoms with Crippen LogP contribution in [-0.2, 0) is 6.54 Å². The van der Waals surface area contributed by atoms with Crippen molar-refractivity contribution in [1.82, 2.24) is 9.80 Å². The average molecular weight is 367 g/mol. The van der Waals surface area contributed by atoms with Gasteiger partial charge in [-0.1, -0.05) is 30.3 Å². The third kappa shape index (κ3) is 4.89. The number of para-hydroxylation sites is 1. The number of ether oxygens (including phenoxy) is 1. The van der Waals surface area contributed by atoms with Gasteiger partial charge in [-0.25, -0.2) is 0 Å². The van der Waals surface area contributed by atoms with E-state index in [1.165, 1.54) is 31.5 Å². The molecule has 27 heavy (non-hydrogen) atoms. The Morgan fingerprint density at radius 3 is 2.37 bits per heavy atom. The summed E-state index contributed by atoms with van der Waals surface area (Å²) in [5.41, 5.74) is 1.27. The third-order valence-electron chi connectivity index (χ3n) is 5.86. The zero-order valence-corrected chi connectivity index (χ0v) is 16.0. The maximum Gasteiger partial charge on any atom is 0.127 e. The molecule has 2 atom stereocenters. The van der Waals surface area contributed by atoms with Gasteiger partial charge in [0.25, 0.3) is 0 Å². The zero-order chi connectivity index (χ0) is 18.5. The molecule has 0 saturated carbocycles. The summed E-state index contributed by atoms with van der Waals surface area (Å²) < 4.78 is 5.97. The fourth-order valence-corrected chi connectivity index (χ4v) is 4.47. The van der Waals surface area contributed by atoms with E-state index in [9.17, 15) is 5.11 Å². The molecule has 4 rings (SSSR count). The van der Waals surface area contributed by atoms with Gasteiger partial charge in [-0.3, -0.25) is 4.90 Å². The molecule has 4 nitrogen and oxygen atoms in total. The van der Waals surface area contributed by atoms with E-state index in [4.69, 9.17) is 4.74 Å². The second-order valence-corrected chi connectivity index (χ2v) is 7.97. The number of aliphatic hydroxyl groups is 1. The van der Waals surface area contributed by atoms with Crippen molar-refractivity contribution in [2.24, 2.45) is 11.8 Å². The first kappa shape index (κ1) is 18.5. The summed E-state index contributed by atoms with van der Waals surface area (Å²) >= 11 is 0. The van der Waals surface area contributed by atoms with Gasteiger partial charge in [0.1, 0.15) is 11.5 Å². The Morgan fingerprint density at radius 2 is 1.59 bits per heavy atom. The maximum atomic E-state index is 9.84. The molecule has 2 aromatic rings. The molecule has 2 heterocycles. The van der Waals surface area contributed by atoms with Crippen LogP contribution in [0.5, 0.6) is 11.5 Å². The van der Waals surface area contributed by atoms with E-state index in [1.54, 1.807) is 0 Å². The van der Waals surface area contributed by atoms with Gasteiger partial charge in [0, 0.05) is 32.8 Å². The summed E-state index contributed by atoms with van der Waals surface area (Å²) in [6.45, 7) is 6.87. The monoisotopic (exact) mass is 366 g/mol. The molecule has 0 radical (unpaired) electrons. The summed E-state index contributed by atoms with van der Waals surface area (Å²) in [6.07, 6.45) is 2.66. The zero-order valence-electron chi connectivity index (χ0n) is 16.0. The first-order valence-corrected chi connectivity index (χ1v) is 10.2. The molecule has 2 unspecified atom stereocenters. The van der Waals surface area contributed by atoms with Crippen LogP contribution < -0.4 is 4.74 Å². The summed E-state index contributed by atoms with van der Waals surface area (Å²) in [6, 6.07) is 18.3. The second-order valence-electron chi connectivity index (χ2n) is 7.97.